The molecule has 3 aliphatic rings. The largest absolute Gasteiger partial charge is 0.396 e. The lowest BCUT2D eigenvalue weighted by Crippen LogP contribution is -2.58. The van der Waals surface area contributed by atoms with E-state index < -0.39 is 17.6 Å². The van der Waals surface area contributed by atoms with Crippen molar-refractivity contribution in [2.45, 2.75) is 58.2 Å². The summed E-state index contributed by atoms with van der Waals surface area (Å²) in [6.07, 6.45) is 5.27. The molecule has 2 fully saturated rings. The molecule has 7 atom stereocenters. The van der Waals surface area contributed by atoms with Crippen LogP contribution >= 0.6 is 0 Å². The molecular formula is C20H32O4. The number of aliphatic hydroxyl groups is 4. The molecule has 0 aromatic rings. The Kier molecular flexibility index (Phi) is 4.71. The van der Waals surface area contributed by atoms with Crippen molar-refractivity contribution >= 4 is 0 Å². The van der Waals surface area contributed by atoms with Gasteiger partial charge in [0.1, 0.15) is 0 Å². The van der Waals surface area contributed by atoms with Crippen molar-refractivity contribution in [2.75, 3.05) is 13.2 Å². The fraction of sp³-hybridized carbons (Fsp3) is 0.800. The van der Waals surface area contributed by atoms with E-state index in [0.29, 0.717) is 18.4 Å². The van der Waals surface area contributed by atoms with Crippen LogP contribution in [0, 0.1) is 28.6 Å². The van der Waals surface area contributed by atoms with Gasteiger partial charge < -0.3 is 20.4 Å². The van der Waals surface area contributed by atoms with Gasteiger partial charge in [0.15, 0.2) is 0 Å². The fourth-order valence-corrected chi connectivity index (χ4v) is 5.92. The maximum absolute atomic E-state index is 10.7. The van der Waals surface area contributed by atoms with Crippen LogP contribution in [0.3, 0.4) is 0 Å². The summed E-state index contributed by atoms with van der Waals surface area (Å²) in [5.74, 6) is 0.445. The molecule has 0 radical (unpaired) electrons. The van der Waals surface area contributed by atoms with Gasteiger partial charge in [-0.3, -0.25) is 0 Å². The summed E-state index contributed by atoms with van der Waals surface area (Å²) in [6, 6.07) is 0. The number of allylic oxidation sites excluding steroid dienone is 2. The molecule has 0 amide bonds. The minimum atomic E-state index is -0.481. The zero-order valence-electron chi connectivity index (χ0n) is 14.9. The predicted molar refractivity (Wildman–Crippen MR) is 93.2 cm³/mol. The van der Waals surface area contributed by atoms with Crippen molar-refractivity contribution in [3.05, 3.63) is 23.8 Å². The number of hydrogen-bond acceptors (Lipinski definition) is 4. The van der Waals surface area contributed by atoms with Gasteiger partial charge in [-0.15, -0.1) is 0 Å². The SMILES string of the molecule is C=C(CO)C1CC2=CCC3C(C)(CO)C(O)CCC3(C)C2CC1O. The van der Waals surface area contributed by atoms with Crippen molar-refractivity contribution in [1.82, 2.24) is 0 Å². The highest BCUT2D eigenvalue weighted by Gasteiger charge is 2.58. The molecule has 24 heavy (non-hydrogen) atoms. The molecule has 2 saturated carbocycles. The van der Waals surface area contributed by atoms with Gasteiger partial charge in [-0.05, 0) is 54.9 Å². The first-order valence-electron chi connectivity index (χ1n) is 9.22. The normalized spacial score (nSPS) is 48.2. The topological polar surface area (TPSA) is 80.9 Å². The number of aliphatic hydroxyl groups excluding tert-OH is 4. The minimum absolute atomic E-state index is 0.00316. The third-order valence-corrected chi connectivity index (χ3v) is 7.63. The summed E-state index contributed by atoms with van der Waals surface area (Å²) in [7, 11) is 0. The lowest BCUT2D eigenvalue weighted by atomic mass is 9.45. The maximum Gasteiger partial charge on any atom is 0.0642 e. The average molecular weight is 336 g/mol. The third kappa shape index (κ3) is 2.50. The molecule has 0 aromatic heterocycles. The number of fused-ring (bicyclic) bond motifs is 3. The van der Waals surface area contributed by atoms with Crippen LogP contribution in [0.5, 0.6) is 0 Å². The van der Waals surface area contributed by atoms with Crippen LogP contribution in [0.15, 0.2) is 23.8 Å². The summed E-state index contributed by atoms with van der Waals surface area (Å²) < 4.78 is 0. The second kappa shape index (κ2) is 6.24. The van der Waals surface area contributed by atoms with Gasteiger partial charge in [-0.1, -0.05) is 32.1 Å². The van der Waals surface area contributed by atoms with Crippen molar-refractivity contribution in [3.63, 3.8) is 0 Å². The van der Waals surface area contributed by atoms with Gasteiger partial charge in [0.25, 0.3) is 0 Å². The Morgan fingerprint density at radius 2 is 2.00 bits per heavy atom. The number of hydrogen-bond donors (Lipinski definition) is 4. The summed E-state index contributed by atoms with van der Waals surface area (Å²) in [6.45, 7) is 8.14. The van der Waals surface area contributed by atoms with Crippen molar-refractivity contribution in [2.24, 2.45) is 28.6 Å². The first-order valence-corrected chi connectivity index (χ1v) is 9.22. The van der Waals surface area contributed by atoms with E-state index in [0.717, 1.165) is 19.3 Å². The van der Waals surface area contributed by atoms with E-state index >= 15 is 0 Å². The van der Waals surface area contributed by atoms with Gasteiger partial charge in [0.05, 0.1) is 25.4 Å². The second-order valence-electron chi connectivity index (χ2n) is 8.77. The highest BCUT2D eigenvalue weighted by atomic mass is 16.3. The Bertz CT molecular complexity index is 542. The summed E-state index contributed by atoms with van der Waals surface area (Å²) in [5.41, 5.74) is 1.60. The maximum atomic E-state index is 10.7. The first kappa shape index (κ1) is 18.1. The lowest BCUT2D eigenvalue weighted by Gasteiger charge is -2.60. The van der Waals surface area contributed by atoms with Crippen molar-refractivity contribution in [3.8, 4) is 0 Å². The molecule has 3 aliphatic carbocycles. The van der Waals surface area contributed by atoms with E-state index in [1.807, 2.05) is 6.92 Å². The van der Waals surface area contributed by atoms with Gasteiger partial charge in [-0.25, -0.2) is 0 Å². The lowest BCUT2D eigenvalue weighted by molar-refractivity contribution is -0.151. The molecule has 0 spiro atoms. The molecular weight excluding hydrogens is 304 g/mol. The molecule has 7 unspecified atom stereocenters. The highest BCUT2D eigenvalue weighted by molar-refractivity contribution is 5.26. The summed E-state index contributed by atoms with van der Waals surface area (Å²) in [4.78, 5) is 0. The van der Waals surface area contributed by atoms with E-state index in [1.54, 1.807) is 0 Å². The van der Waals surface area contributed by atoms with E-state index in [4.69, 9.17) is 0 Å². The molecule has 4 N–H and O–H groups in total. The first-order chi connectivity index (χ1) is 11.3. The van der Waals surface area contributed by atoms with E-state index in [-0.39, 0.29) is 36.4 Å². The minimum Gasteiger partial charge on any atom is -0.396 e. The van der Waals surface area contributed by atoms with Crippen molar-refractivity contribution < 1.29 is 20.4 Å². The standard InChI is InChI=1S/C20H32O4/c1-12(10-21)14-8-13-4-5-17-19(2,15(13)9-16(14)23)7-6-18(24)20(17,3)11-22/h4,14-18,21-24H,1,5-11H2,2-3H3. The van der Waals surface area contributed by atoms with Crippen LogP contribution in [-0.2, 0) is 0 Å². The molecule has 136 valence electrons. The third-order valence-electron chi connectivity index (χ3n) is 7.63. The fourth-order valence-electron chi connectivity index (χ4n) is 5.92. The predicted octanol–water partition coefficient (Wildman–Crippen LogP) is 2.03. The molecule has 4 nitrogen and oxygen atoms in total. The molecule has 0 aromatic carbocycles. The van der Waals surface area contributed by atoms with Gasteiger partial charge in [0.2, 0.25) is 0 Å². The van der Waals surface area contributed by atoms with E-state index in [1.165, 1.54) is 5.57 Å². The monoisotopic (exact) mass is 336 g/mol. The van der Waals surface area contributed by atoms with Crippen molar-refractivity contribution in [1.29, 1.82) is 0 Å². The van der Waals surface area contributed by atoms with Gasteiger partial charge >= 0.3 is 0 Å². The Labute approximate surface area is 144 Å². The smallest absolute Gasteiger partial charge is 0.0642 e. The van der Waals surface area contributed by atoms with Crippen LogP contribution in [0.4, 0.5) is 0 Å². The highest BCUT2D eigenvalue weighted by Crippen LogP contribution is 2.62. The zero-order valence-corrected chi connectivity index (χ0v) is 14.9. The summed E-state index contributed by atoms with van der Waals surface area (Å²) in [5, 5.41) is 40.5. The quantitative estimate of drug-likeness (QED) is 0.595. The van der Waals surface area contributed by atoms with Crippen LogP contribution in [0.2, 0.25) is 0 Å². The van der Waals surface area contributed by atoms with Crippen LogP contribution in [0.25, 0.3) is 0 Å². The average Bonchev–Trinajstić information content (AvgIpc) is 2.58. The van der Waals surface area contributed by atoms with Crippen LogP contribution in [-0.4, -0.2) is 45.8 Å². The Morgan fingerprint density at radius 1 is 1.29 bits per heavy atom. The molecule has 0 saturated heterocycles. The van der Waals surface area contributed by atoms with Gasteiger partial charge in [-0.2, -0.15) is 0 Å². The Balaban J connectivity index is 1.94. The van der Waals surface area contributed by atoms with Gasteiger partial charge in [0, 0.05) is 11.3 Å². The molecule has 0 bridgehead atoms. The van der Waals surface area contributed by atoms with E-state index in [9.17, 15) is 20.4 Å². The molecule has 4 heteroatoms. The Morgan fingerprint density at radius 3 is 2.62 bits per heavy atom. The Hall–Kier alpha value is -0.680. The number of rotatable bonds is 3. The molecule has 3 rings (SSSR count). The van der Waals surface area contributed by atoms with E-state index in [2.05, 4.69) is 19.6 Å². The zero-order chi connectivity index (χ0) is 17.7. The van der Waals surface area contributed by atoms with Crippen LogP contribution < -0.4 is 0 Å². The summed E-state index contributed by atoms with van der Waals surface area (Å²) >= 11 is 0. The molecule has 0 aliphatic heterocycles. The van der Waals surface area contributed by atoms with Crippen LogP contribution in [0.1, 0.15) is 46.0 Å². The molecule has 0 heterocycles. The second-order valence-corrected chi connectivity index (χ2v) is 8.77.